The number of anilines is 1. The first-order chi connectivity index (χ1) is 8.49. The summed E-state index contributed by atoms with van der Waals surface area (Å²) in [6.07, 6.45) is -0.871. The summed E-state index contributed by atoms with van der Waals surface area (Å²) in [5.74, 6) is -0.704. The molecule has 0 aliphatic heterocycles. The number of benzene rings is 1. The summed E-state index contributed by atoms with van der Waals surface area (Å²) in [7, 11) is 2.89. The fourth-order valence-electron chi connectivity index (χ4n) is 1.36. The Morgan fingerprint density at radius 1 is 1.39 bits per heavy atom. The van der Waals surface area contributed by atoms with Gasteiger partial charge in [0, 0.05) is 18.8 Å². The number of hydrogen-bond donors (Lipinski definition) is 2. The normalized spacial score (nSPS) is 11.5. The lowest BCUT2D eigenvalue weighted by atomic mass is 10.2. The summed E-state index contributed by atoms with van der Waals surface area (Å²) >= 11 is 0. The zero-order valence-corrected chi connectivity index (χ0v) is 10.5. The molecule has 98 valence electrons. The van der Waals surface area contributed by atoms with Crippen LogP contribution in [0.25, 0.3) is 0 Å². The van der Waals surface area contributed by atoms with Crippen molar-refractivity contribution in [3.8, 4) is 5.75 Å². The molecule has 1 aromatic rings. The van der Waals surface area contributed by atoms with Crippen LogP contribution in [0, 0.1) is 0 Å². The van der Waals surface area contributed by atoms with Crippen molar-refractivity contribution >= 4 is 17.6 Å². The Labute approximate surface area is 105 Å². The minimum atomic E-state index is -0.871. The number of nitrogens with one attached hydrogen (secondary N) is 1. The first kappa shape index (κ1) is 13.8. The third kappa shape index (κ3) is 3.13. The van der Waals surface area contributed by atoms with E-state index in [0.29, 0.717) is 11.4 Å². The minimum absolute atomic E-state index is 0.224. The van der Waals surface area contributed by atoms with E-state index in [-0.39, 0.29) is 11.5 Å². The first-order valence-corrected chi connectivity index (χ1v) is 5.35. The number of likely N-dealkylation sites (N-methyl/N-ethyl adjacent to an activating group) is 1. The Morgan fingerprint density at radius 3 is 2.61 bits per heavy atom. The lowest BCUT2D eigenvalue weighted by Crippen LogP contribution is -2.33. The van der Waals surface area contributed by atoms with Gasteiger partial charge in [0.25, 0.3) is 5.91 Å². The number of amides is 1. The van der Waals surface area contributed by atoms with Gasteiger partial charge in [-0.15, -0.1) is 0 Å². The molecule has 1 unspecified atom stereocenters. The summed E-state index contributed by atoms with van der Waals surface area (Å²) < 4.78 is 10.0. The summed E-state index contributed by atoms with van der Waals surface area (Å²) in [5.41, 5.74) is 6.28. The maximum atomic E-state index is 11.8. The van der Waals surface area contributed by atoms with Crippen LogP contribution in [0.2, 0.25) is 0 Å². The summed E-state index contributed by atoms with van der Waals surface area (Å²) in [5, 5.41) is 2.39. The summed E-state index contributed by atoms with van der Waals surface area (Å²) in [4.78, 5) is 23.1. The van der Waals surface area contributed by atoms with Crippen LogP contribution in [0.5, 0.6) is 5.75 Å². The van der Waals surface area contributed by atoms with Gasteiger partial charge in [-0.25, -0.2) is 4.79 Å². The third-order valence-corrected chi connectivity index (χ3v) is 2.34. The highest BCUT2D eigenvalue weighted by Crippen LogP contribution is 2.22. The summed E-state index contributed by atoms with van der Waals surface area (Å²) in [6.45, 7) is 1.49. The molecule has 18 heavy (non-hydrogen) atoms. The predicted octanol–water partition coefficient (Wildman–Crippen LogP) is 0.569. The van der Waals surface area contributed by atoms with Gasteiger partial charge >= 0.3 is 5.97 Å². The largest absolute Gasteiger partial charge is 0.496 e. The molecule has 1 amide bonds. The van der Waals surface area contributed by atoms with Crippen molar-refractivity contribution in [3.63, 3.8) is 0 Å². The number of esters is 1. The average Bonchev–Trinajstić information content (AvgIpc) is 2.37. The second kappa shape index (κ2) is 5.90. The van der Waals surface area contributed by atoms with Crippen LogP contribution in [0.4, 0.5) is 5.69 Å². The molecule has 0 fully saturated rings. The molecule has 0 radical (unpaired) electrons. The lowest BCUT2D eigenvalue weighted by Gasteiger charge is -2.13. The van der Waals surface area contributed by atoms with Crippen molar-refractivity contribution in [1.29, 1.82) is 0 Å². The standard InChI is InChI=1S/C12H16N2O4/c1-7(11(15)14-2)18-12(16)9-5-4-8(13)6-10(9)17-3/h4-7H,13H2,1-3H3,(H,14,15). The fourth-order valence-corrected chi connectivity index (χ4v) is 1.36. The maximum Gasteiger partial charge on any atom is 0.342 e. The van der Waals surface area contributed by atoms with Crippen molar-refractivity contribution < 1.29 is 19.1 Å². The Morgan fingerprint density at radius 2 is 2.06 bits per heavy atom. The van der Waals surface area contributed by atoms with Gasteiger partial charge in [-0.2, -0.15) is 0 Å². The number of rotatable bonds is 4. The number of hydrogen-bond acceptors (Lipinski definition) is 5. The zero-order chi connectivity index (χ0) is 13.7. The van der Waals surface area contributed by atoms with Gasteiger partial charge in [0.15, 0.2) is 6.10 Å². The highest BCUT2D eigenvalue weighted by Gasteiger charge is 2.20. The van der Waals surface area contributed by atoms with E-state index in [2.05, 4.69) is 5.32 Å². The number of nitrogen functional groups attached to an aromatic ring is 1. The number of methoxy groups -OCH3 is 1. The summed E-state index contributed by atoms with van der Waals surface area (Å²) in [6, 6.07) is 4.57. The van der Waals surface area contributed by atoms with Crippen LogP contribution >= 0.6 is 0 Å². The van der Waals surface area contributed by atoms with E-state index in [1.807, 2.05) is 0 Å². The Bertz CT molecular complexity index is 459. The Kier molecular flexibility index (Phi) is 4.53. The minimum Gasteiger partial charge on any atom is -0.496 e. The van der Waals surface area contributed by atoms with E-state index in [4.69, 9.17) is 15.2 Å². The van der Waals surface area contributed by atoms with E-state index < -0.39 is 12.1 Å². The van der Waals surface area contributed by atoms with Gasteiger partial charge < -0.3 is 20.5 Å². The van der Waals surface area contributed by atoms with Crippen molar-refractivity contribution in [2.75, 3.05) is 19.9 Å². The quantitative estimate of drug-likeness (QED) is 0.604. The van der Waals surface area contributed by atoms with E-state index in [1.165, 1.54) is 33.2 Å². The van der Waals surface area contributed by atoms with Crippen molar-refractivity contribution in [2.45, 2.75) is 13.0 Å². The number of ether oxygens (including phenoxy) is 2. The molecule has 0 aromatic heterocycles. The highest BCUT2D eigenvalue weighted by atomic mass is 16.5. The van der Waals surface area contributed by atoms with Gasteiger partial charge in [0.1, 0.15) is 11.3 Å². The van der Waals surface area contributed by atoms with Gasteiger partial charge in [0.05, 0.1) is 7.11 Å². The monoisotopic (exact) mass is 252 g/mol. The van der Waals surface area contributed by atoms with Crippen LogP contribution in [-0.2, 0) is 9.53 Å². The highest BCUT2D eigenvalue weighted by molar-refractivity contribution is 5.95. The fraction of sp³-hybridized carbons (Fsp3) is 0.333. The number of nitrogens with two attached hydrogens (primary N) is 1. The van der Waals surface area contributed by atoms with E-state index in [9.17, 15) is 9.59 Å². The number of carbonyl (C=O) groups excluding carboxylic acids is 2. The molecule has 1 aromatic carbocycles. The average molecular weight is 252 g/mol. The smallest absolute Gasteiger partial charge is 0.342 e. The molecule has 6 nitrogen and oxygen atoms in total. The molecule has 0 bridgehead atoms. The topological polar surface area (TPSA) is 90.7 Å². The molecule has 0 heterocycles. The van der Waals surface area contributed by atoms with E-state index >= 15 is 0 Å². The maximum absolute atomic E-state index is 11.8. The molecule has 1 rings (SSSR count). The predicted molar refractivity (Wildman–Crippen MR) is 66.4 cm³/mol. The van der Waals surface area contributed by atoms with Crippen LogP contribution < -0.4 is 15.8 Å². The van der Waals surface area contributed by atoms with E-state index in [1.54, 1.807) is 6.07 Å². The van der Waals surface area contributed by atoms with Gasteiger partial charge in [0.2, 0.25) is 0 Å². The van der Waals surface area contributed by atoms with Crippen LogP contribution in [0.1, 0.15) is 17.3 Å². The second-order valence-corrected chi connectivity index (χ2v) is 3.62. The van der Waals surface area contributed by atoms with Crippen LogP contribution in [0.3, 0.4) is 0 Å². The second-order valence-electron chi connectivity index (χ2n) is 3.62. The number of carbonyl (C=O) groups is 2. The Balaban J connectivity index is 2.87. The molecular weight excluding hydrogens is 236 g/mol. The van der Waals surface area contributed by atoms with Gasteiger partial charge in [-0.1, -0.05) is 0 Å². The first-order valence-electron chi connectivity index (χ1n) is 5.35. The molecule has 1 atom stereocenters. The van der Waals surface area contributed by atoms with Gasteiger partial charge in [-0.3, -0.25) is 4.79 Å². The lowest BCUT2D eigenvalue weighted by molar-refractivity contribution is -0.128. The van der Waals surface area contributed by atoms with Crippen LogP contribution in [0.15, 0.2) is 18.2 Å². The van der Waals surface area contributed by atoms with Crippen molar-refractivity contribution in [2.24, 2.45) is 0 Å². The molecule has 6 heteroatoms. The molecule has 0 saturated heterocycles. The third-order valence-electron chi connectivity index (χ3n) is 2.34. The van der Waals surface area contributed by atoms with E-state index in [0.717, 1.165) is 0 Å². The molecule has 0 spiro atoms. The van der Waals surface area contributed by atoms with Crippen LogP contribution in [-0.4, -0.2) is 32.1 Å². The van der Waals surface area contributed by atoms with Crippen molar-refractivity contribution in [1.82, 2.24) is 5.32 Å². The molecule has 0 aliphatic rings. The van der Waals surface area contributed by atoms with Crippen molar-refractivity contribution in [3.05, 3.63) is 23.8 Å². The van der Waals surface area contributed by atoms with Gasteiger partial charge in [-0.05, 0) is 19.1 Å². The molecule has 0 aliphatic carbocycles. The SMILES string of the molecule is CNC(=O)C(C)OC(=O)c1ccc(N)cc1OC. The molecular formula is C12H16N2O4. The molecule has 3 N–H and O–H groups in total. The Hall–Kier alpha value is -2.24. The molecule has 0 saturated carbocycles. The zero-order valence-electron chi connectivity index (χ0n) is 10.5.